The van der Waals surface area contributed by atoms with Crippen molar-refractivity contribution in [1.82, 2.24) is 4.98 Å². The summed E-state index contributed by atoms with van der Waals surface area (Å²) in [6.07, 6.45) is 3.44. The summed E-state index contributed by atoms with van der Waals surface area (Å²) in [5, 5.41) is 9.25. The molecular formula is C11H10N2O. The molecule has 0 amide bonds. The zero-order valence-corrected chi connectivity index (χ0v) is 7.51. The van der Waals surface area contributed by atoms with Crippen molar-refractivity contribution in [1.29, 1.82) is 0 Å². The number of nitrogen functional groups attached to an aromatic ring is 1. The molecule has 0 unspecified atom stereocenters. The number of anilines is 1. The predicted octanol–water partition coefficient (Wildman–Crippen LogP) is 2.04. The van der Waals surface area contributed by atoms with Crippen LogP contribution in [0.5, 0.6) is 5.75 Å². The van der Waals surface area contributed by atoms with Gasteiger partial charge in [0.1, 0.15) is 5.75 Å². The first-order chi connectivity index (χ1) is 6.77. The smallest absolute Gasteiger partial charge is 0.138 e. The van der Waals surface area contributed by atoms with Crippen LogP contribution in [0.25, 0.3) is 11.1 Å². The molecule has 0 saturated carbocycles. The number of benzene rings is 1. The lowest BCUT2D eigenvalue weighted by molar-refractivity contribution is 0.478. The largest absolute Gasteiger partial charge is 0.506 e. The Kier molecular flexibility index (Phi) is 2.07. The van der Waals surface area contributed by atoms with Crippen molar-refractivity contribution in [2.75, 3.05) is 5.73 Å². The first-order valence-corrected chi connectivity index (χ1v) is 4.26. The summed E-state index contributed by atoms with van der Waals surface area (Å²) in [5.74, 6) is 0.114. The van der Waals surface area contributed by atoms with Crippen molar-refractivity contribution >= 4 is 5.69 Å². The normalized spacial score (nSPS) is 10.0. The number of aromatic hydroxyl groups is 1. The first-order valence-electron chi connectivity index (χ1n) is 4.26. The molecule has 0 saturated heterocycles. The number of hydrogen-bond acceptors (Lipinski definition) is 3. The van der Waals surface area contributed by atoms with E-state index in [1.54, 1.807) is 24.5 Å². The summed E-state index contributed by atoms with van der Waals surface area (Å²) in [7, 11) is 0. The Labute approximate surface area is 81.8 Å². The second kappa shape index (κ2) is 3.38. The van der Waals surface area contributed by atoms with Gasteiger partial charge in [0.15, 0.2) is 0 Å². The molecule has 3 heteroatoms. The molecule has 0 aliphatic rings. The Morgan fingerprint density at radius 2 is 1.71 bits per heavy atom. The van der Waals surface area contributed by atoms with Crippen molar-refractivity contribution in [3.8, 4) is 16.9 Å². The molecular weight excluding hydrogens is 176 g/mol. The quantitative estimate of drug-likeness (QED) is 0.529. The van der Waals surface area contributed by atoms with E-state index >= 15 is 0 Å². The van der Waals surface area contributed by atoms with E-state index in [0.29, 0.717) is 5.69 Å². The van der Waals surface area contributed by atoms with E-state index in [0.717, 1.165) is 11.1 Å². The third kappa shape index (κ3) is 1.52. The highest BCUT2D eigenvalue weighted by Gasteiger charge is 2.00. The van der Waals surface area contributed by atoms with Crippen molar-refractivity contribution in [3.05, 3.63) is 42.7 Å². The minimum absolute atomic E-state index is 0.114. The fourth-order valence-electron chi connectivity index (χ4n) is 1.28. The molecule has 2 aromatic rings. The zero-order valence-electron chi connectivity index (χ0n) is 7.51. The topological polar surface area (TPSA) is 59.1 Å². The van der Waals surface area contributed by atoms with E-state index in [9.17, 15) is 5.11 Å². The van der Waals surface area contributed by atoms with Crippen LogP contribution in [-0.4, -0.2) is 10.1 Å². The lowest BCUT2D eigenvalue weighted by Crippen LogP contribution is -1.86. The molecule has 0 atom stereocenters. The summed E-state index contributed by atoms with van der Waals surface area (Å²) in [4.78, 5) is 3.93. The van der Waals surface area contributed by atoms with Crippen LogP contribution in [0.3, 0.4) is 0 Å². The van der Waals surface area contributed by atoms with E-state index in [1.807, 2.05) is 18.2 Å². The molecule has 0 fully saturated rings. The Morgan fingerprint density at radius 1 is 1.00 bits per heavy atom. The van der Waals surface area contributed by atoms with Gasteiger partial charge in [-0.05, 0) is 35.4 Å². The van der Waals surface area contributed by atoms with Crippen molar-refractivity contribution < 1.29 is 5.11 Å². The number of aromatic nitrogens is 1. The van der Waals surface area contributed by atoms with E-state index in [2.05, 4.69) is 4.98 Å². The van der Waals surface area contributed by atoms with Gasteiger partial charge in [0.05, 0.1) is 5.69 Å². The summed E-state index contributed by atoms with van der Waals surface area (Å²) in [6, 6.07) is 8.94. The predicted molar refractivity (Wildman–Crippen MR) is 55.8 cm³/mol. The highest BCUT2D eigenvalue weighted by Crippen LogP contribution is 2.26. The molecule has 1 aromatic heterocycles. The second-order valence-corrected chi connectivity index (χ2v) is 3.01. The van der Waals surface area contributed by atoms with Crippen molar-refractivity contribution in [2.24, 2.45) is 0 Å². The maximum atomic E-state index is 9.25. The SMILES string of the molecule is Nc1cc(-c2ccncc2)ccc1O. The van der Waals surface area contributed by atoms with Gasteiger partial charge in [0.2, 0.25) is 0 Å². The van der Waals surface area contributed by atoms with E-state index in [4.69, 9.17) is 5.73 Å². The molecule has 0 aliphatic heterocycles. The van der Waals surface area contributed by atoms with Gasteiger partial charge >= 0.3 is 0 Å². The molecule has 70 valence electrons. The van der Waals surface area contributed by atoms with Gasteiger partial charge in [0.25, 0.3) is 0 Å². The highest BCUT2D eigenvalue weighted by molar-refractivity contribution is 5.69. The molecule has 0 bridgehead atoms. The Balaban J connectivity index is 2.48. The average Bonchev–Trinajstić information content (AvgIpc) is 2.23. The van der Waals surface area contributed by atoms with Gasteiger partial charge < -0.3 is 10.8 Å². The van der Waals surface area contributed by atoms with Crippen LogP contribution in [0.4, 0.5) is 5.69 Å². The summed E-state index contributed by atoms with van der Waals surface area (Å²) >= 11 is 0. The van der Waals surface area contributed by atoms with Gasteiger partial charge in [0, 0.05) is 12.4 Å². The summed E-state index contributed by atoms with van der Waals surface area (Å²) in [5.41, 5.74) is 7.99. The molecule has 2 rings (SSSR count). The molecule has 1 heterocycles. The fourth-order valence-corrected chi connectivity index (χ4v) is 1.28. The van der Waals surface area contributed by atoms with Gasteiger partial charge in [-0.1, -0.05) is 6.07 Å². The molecule has 0 radical (unpaired) electrons. The van der Waals surface area contributed by atoms with Crippen LogP contribution in [0.15, 0.2) is 42.7 Å². The maximum Gasteiger partial charge on any atom is 0.138 e. The summed E-state index contributed by atoms with van der Waals surface area (Å²) in [6.45, 7) is 0. The van der Waals surface area contributed by atoms with Crippen LogP contribution in [0, 0.1) is 0 Å². The van der Waals surface area contributed by atoms with Gasteiger partial charge in [-0.25, -0.2) is 0 Å². The Morgan fingerprint density at radius 3 is 2.36 bits per heavy atom. The number of phenolic OH excluding ortho intramolecular Hbond substituents is 1. The number of nitrogens with two attached hydrogens (primary N) is 1. The first kappa shape index (κ1) is 8.56. The number of pyridine rings is 1. The monoisotopic (exact) mass is 186 g/mol. The van der Waals surface area contributed by atoms with Crippen molar-refractivity contribution in [2.45, 2.75) is 0 Å². The minimum atomic E-state index is 0.114. The Hall–Kier alpha value is -2.03. The molecule has 3 nitrogen and oxygen atoms in total. The standard InChI is InChI=1S/C11H10N2O/c12-10-7-9(1-2-11(10)14)8-3-5-13-6-4-8/h1-7,14H,12H2. The Bertz CT molecular complexity index is 440. The molecule has 0 spiro atoms. The summed E-state index contributed by atoms with van der Waals surface area (Å²) < 4.78 is 0. The van der Waals surface area contributed by atoms with Crippen LogP contribution < -0.4 is 5.73 Å². The number of rotatable bonds is 1. The fraction of sp³-hybridized carbons (Fsp3) is 0. The van der Waals surface area contributed by atoms with Crippen LogP contribution in [0.1, 0.15) is 0 Å². The van der Waals surface area contributed by atoms with Gasteiger partial charge in [-0.2, -0.15) is 0 Å². The molecule has 0 aliphatic carbocycles. The van der Waals surface area contributed by atoms with E-state index in [1.165, 1.54) is 0 Å². The third-order valence-corrected chi connectivity index (χ3v) is 2.04. The number of hydrogen-bond donors (Lipinski definition) is 2. The van der Waals surface area contributed by atoms with Gasteiger partial charge in [-0.15, -0.1) is 0 Å². The maximum absolute atomic E-state index is 9.25. The molecule has 14 heavy (non-hydrogen) atoms. The molecule has 3 N–H and O–H groups in total. The lowest BCUT2D eigenvalue weighted by Gasteiger charge is -2.03. The van der Waals surface area contributed by atoms with Crippen LogP contribution >= 0.6 is 0 Å². The van der Waals surface area contributed by atoms with E-state index < -0.39 is 0 Å². The molecule has 1 aromatic carbocycles. The average molecular weight is 186 g/mol. The highest BCUT2D eigenvalue weighted by atomic mass is 16.3. The number of nitrogens with zero attached hydrogens (tertiary/aromatic N) is 1. The minimum Gasteiger partial charge on any atom is -0.506 e. The van der Waals surface area contributed by atoms with Crippen LogP contribution in [0.2, 0.25) is 0 Å². The van der Waals surface area contributed by atoms with E-state index in [-0.39, 0.29) is 5.75 Å². The van der Waals surface area contributed by atoms with Crippen molar-refractivity contribution in [3.63, 3.8) is 0 Å². The zero-order chi connectivity index (χ0) is 9.97. The van der Waals surface area contributed by atoms with Gasteiger partial charge in [-0.3, -0.25) is 4.98 Å². The second-order valence-electron chi connectivity index (χ2n) is 3.01. The number of phenols is 1. The van der Waals surface area contributed by atoms with Crippen LogP contribution in [-0.2, 0) is 0 Å². The third-order valence-electron chi connectivity index (χ3n) is 2.04. The lowest BCUT2D eigenvalue weighted by atomic mass is 10.1.